The lowest BCUT2D eigenvalue weighted by molar-refractivity contribution is -0.147. The van der Waals surface area contributed by atoms with E-state index in [-0.39, 0.29) is 29.9 Å². The van der Waals surface area contributed by atoms with Crippen LogP contribution in [0.1, 0.15) is 77.7 Å². The zero-order chi connectivity index (χ0) is 32.8. The summed E-state index contributed by atoms with van der Waals surface area (Å²) in [6, 6.07) is 4.37. The Bertz CT molecular complexity index is 1410. The number of nitrogens with zero attached hydrogens (tertiary/aromatic N) is 2. The van der Waals surface area contributed by atoms with Crippen molar-refractivity contribution in [3.05, 3.63) is 36.0 Å². The fourth-order valence-corrected chi connectivity index (χ4v) is 6.57. The number of unbranched alkanes of at least 4 members (excludes halogenated alkanes) is 2. The van der Waals surface area contributed by atoms with Gasteiger partial charge in [0.1, 0.15) is 37.0 Å². The summed E-state index contributed by atoms with van der Waals surface area (Å²) in [5.41, 5.74) is 1.43. The molecule has 6 atom stereocenters. The third-order valence-electron chi connectivity index (χ3n) is 9.76. The summed E-state index contributed by atoms with van der Waals surface area (Å²) in [6.45, 7) is 7.86. The molecule has 0 radical (unpaired) electrons. The fraction of sp³-hybridized carbons (Fsp3) is 0.647. The van der Waals surface area contributed by atoms with E-state index in [4.69, 9.17) is 9.57 Å². The van der Waals surface area contributed by atoms with E-state index in [0.29, 0.717) is 38.8 Å². The highest BCUT2D eigenvalue weighted by Gasteiger charge is 2.41. The Morgan fingerprint density at radius 2 is 1.76 bits per heavy atom. The van der Waals surface area contributed by atoms with Crippen molar-refractivity contribution >= 4 is 34.5 Å². The van der Waals surface area contributed by atoms with Crippen LogP contribution in [0.3, 0.4) is 0 Å². The summed E-state index contributed by atoms with van der Waals surface area (Å²) in [5, 5.41) is 13.2. The van der Waals surface area contributed by atoms with Crippen LogP contribution < -0.4 is 26.1 Å². The molecule has 3 unspecified atom stereocenters. The van der Waals surface area contributed by atoms with Crippen LogP contribution in [0.2, 0.25) is 0 Å². The van der Waals surface area contributed by atoms with Gasteiger partial charge in [-0.2, -0.15) is 4.73 Å². The minimum Gasteiger partial charge on any atom is -0.417 e. The van der Waals surface area contributed by atoms with Crippen molar-refractivity contribution in [2.45, 2.75) is 108 Å². The molecule has 3 aliphatic heterocycles. The van der Waals surface area contributed by atoms with Gasteiger partial charge in [-0.05, 0) is 63.1 Å². The molecule has 5 rings (SSSR count). The number of hydrogen-bond acceptors (Lipinski definition) is 7. The van der Waals surface area contributed by atoms with Crippen molar-refractivity contribution < 1.29 is 28.8 Å². The lowest BCUT2D eigenvalue weighted by atomic mass is 9.93. The van der Waals surface area contributed by atoms with Crippen LogP contribution in [0.25, 0.3) is 10.9 Å². The number of nitrogens with one attached hydrogen (secondary N) is 4. The Morgan fingerprint density at radius 3 is 2.50 bits per heavy atom. The van der Waals surface area contributed by atoms with E-state index in [1.54, 1.807) is 16.7 Å². The van der Waals surface area contributed by atoms with Crippen LogP contribution in [0, 0.1) is 5.92 Å². The lowest BCUT2D eigenvalue weighted by Gasteiger charge is -2.39. The first-order chi connectivity index (χ1) is 22.1. The molecular weight excluding hydrogens is 588 g/mol. The molecule has 2 aromatic rings. The molecule has 0 spiro atoms. The van der Waals surface area contributed by atoms with Crippen LogP contribution in [0.4, 0.5) is 0 Å². The minimum absolute atomic E-state index is 0.173. The van der Waals surface area contributed by atoms with Gasteiger partial charge in [-0.25, -0.2) is 0 Å². The van der Waals surface area contributed by atoms with Gasteiger partial charge >= 0.3 is 0 Å². The Labute approximate surface area is 271 Å². The quantitative estimate of drug-likeness (QED) is 0.206. The first-order valence-corrected chi connectivity index (χ1v) is 16.9. The molecule has 1 aromatic carbocycles. The molecule has 4 amide bonds. The monoisotopic (exact) mass is 638 g/mol. The van der Waals surface area contributed by atoms with Crippen LogP contribution in [0.15, 0.2) is 30.5 Å². The van der Waals surface area contributed by atoms with Crippen molar-refractivity contribution in [3.63, 3.8) is 0 Å². The average Bonchev–Trinajstić information content (AvgIpc) is 3.70. The van der Waals surface area contributed by atoms with E-state index in [0.717, 1.165) is 48.7 Å². The van der Waals surface area contributed by atoms with E-state index in [9.17, 15) is 19.2 Å². The van der Waals surface area contributed by atoms with Crippen LogP contribution in [0.5, 0.6) is 0 Å². The minimum atomic E-state index is -0.984. The van der Waals surface area contributed by atoms with E-state index in [1.807, 2.05) is 51.2 Å². The number of aromatic nitrogens is 1. The zero-order valence-electron chi connectivity index (χ0n) is 27.6. The van der Waals surface area contributed by atoms with E-state index in [1.165, 1.54) is 0 Å². The SMILES string of the molecule is CCC(C)[C@@H]1NC(=O)[C@H](Cc2cn(OC)c3ccccc23)NC(=O)C(CCCCCNC2(C)CO2)NC(=O)[C@H]2CCCCN2C1=O. The van der Waals surface area contributed by atoms with Gasteiger partial charge in [0.05, 0.1) is 12.1 Å². The highest BCUT2D eigenvalue weighted by molar-refractivity contribution is 5.98. The smallest absolute Gasteiger partial charge is 0.246 e. The summed E-state index contributed by atoms with van der Waals surface area (Å²) >= 11 is 0. The van der Waals surface area contributed by atoms with Gasteiger partial charge in [-0.1, -0.05) is 51.3 Å². The Balaban J connectivity index is 1.41. The molecule has 3 aliphatic rings. The molecule has 12 heteroatoms. The van der Waals surface area contributed by atoms with Crippen molar-refractivity contribution in [1.29, 1.82) is 0 Å². The van der Waals surface area contributed by atoms with Crippen molar-refractivity contribution in [2.24, 2.45) is 5.92 Å². The first-order valence-electron chi connectivity index (χ1n) is 16.9. The topological polar surface area (TPSA) is 146 Å². The van der Waals surface area contributed by atoms with Crippen molar-refractivity contribution in [1.82, 2.24) is 30.9 Å². The largest absolute Gasteiger partial charge is 0.417 e. The zero-order valence-corrected chi connectivity index (χ0v) is 27.6. The Hall–Kier alpha value is -3.64. The molecule has 4 heterocycles. The number of carbonyl (C=O) groups is 4. The van der Waals surface area contributed by atoms with Gasteiger partial charge < -0.3 is 30.4 Å². The molecule has 0 saturated carbocycles. The number of rotatable bonds is 12. The third-order valence-corrected chi connectivity index (χ3v) is 9.76. The standard InChI is InChI=1S/C34H50N6O6/c1-5-22(2)29-33(44)39-18-12-10-16-28(39)32(43)36-25(14-7-6-11-17-35-34(3)21-46-34)30(41)37-26(31(42)38-29)19-23-20-40(45-4)27-15-9-8-13-24(23)27/h8-9,13,15,20,22,25-26,28-29,35H,5-7,10-12,14,16-19,21H2,1-4H3,(H,36,43)(H,37,41)(H,38,42)/t22?,25?,26-,28+,29-,34?/m0/s1. The van der Waals surface area contributed by atoms with Crippen LogP contribution in [-0.2, 0) is 30.3 Å². The Morgan fingerprint density at radius 1 is 1.02 bits per heavy atom. The summed E-state index contributed by atoms with van der Waals surface area (Å²) in [4.78, 5) is 63.0. The number of piperidine rings is 1. The first kappa shape index (κ1) is 33.7. The summed E-state index contributed by atoms with van der Waals surface area (Å²) < 4.78 is 7.01. The number of carbonyl (C=O) groups excluding carboxylic acids is 4. The average molecular weight is 639 g/mol. The van der Waals surface area contributed by atoms with E-state index < -0.39 is 36.0 Å². The third kappa shape index (κ3) is 7.83. The van der Waals surface area contributed by atoms with Gasteiger partial charge in [-0.3, -0.25) is 24.5 Å². The molecule has 1 aromatic heterocycles. The maximum atomic E-state index is 14.1. The highest BCUT2D eigenvalue weighted by atomic mass is 16.6. The predicted molar refractivity (Wildman–Crippen MR) is 174 cm³/mol. The van der Waals surface area contributed by atoms with Gasteiger partial charge in [0.15, 0.2) is 0 Å². The highest BCUT2D eigenvalue weighted by Crippen LogP contribution is 2.25. The second-order valence-electron chi connectivity index (χ2n) is 13.2. The number of epoxide rings is 1. The molecule has 12 nitrogen and oxygen atoms in total. The summed E-state index contributed by atoms with van der Waals surface area (Å²) in [7, 11) is 1.57. The van der Waals surface area contributed by atoms with E-state index in [2.05, 4.69) is 21.3 Å². The second-order valence-corrected chi connectivity index (χ2v) is 13.2. The van der Waals surface area contributed by atoms with Gasteiger partial charge in [-0.15, -0.1) is 0 Å². The normalized spacial score (nSPS) is 28.0. The number of para-hydroxylation sites is 1. The number of amides is 4. The van der Waals surface area contributed by atoms with Crippen molar-refractivity contribution in [2.75, 3.05) is 26.8 Å². The molecule has 4 N–H and O–H groups in total. The van der Waals surface area contributed by atoms with E-state index >= 15 is 0 Å². The molecule has 252 valence electrons. The van der Waals surface area contributed by atoms with Crippen molar-refractivity contribution in [3.8, 4) is 0 Å². The van der Waals surface area contributed by atoms with Crippen LogP contribution in [-0.4, -0.2) is 90.0 Å². The van der Waals surface area contributed by atoms with Gasteiger partial charge in [0, 0.05) is 24.5 Å². The second kappa shape index (κ2) is 14.8. The van der Waals surface area contributed by atoms with Gasteiger partial charge in [0.25, 0.3) is 0 Å². The number of fused-ring (bicyclic) bond motifs is 2. The maximum absolute atomic E-state index is 14.1. The number of benzene rings is 1. The molecule has 3 saturated heterocycles. The number of ether oxygens (including phenoxy) is 1. The number of hydrogen-bond donors (Lipinski definition) is 4. The molecule has 46 heavy (non-hydrogen) atoms. The lowest BCUT2D eigenvalue weighted by Crippen LogP contribution is -2.64. The Kier molecular flexibility index (Phi) is 10.9. The predicted octanol–water partition coefficient (Wildman–Crippen LogP) is 2.03. The van der Waals surface area contributed by atoms with Crippen LogP contribution >= 0.6 is 0 Å². The molecule has 0 aliphatic carbocycles. The molecular formula is C34H50N6O6. The maximum Gasteiger partial charge on any atom is 0.246 e. The molecule has 3 fully saturated rings. The van der Waals surface area contributed by atoms with Gasteiger partial charge in [0.2, 0.25) is 23.6 Å². The molecule has 0 bridgehead atoms. The summed E-state index contributed by atoms with van der Waals surface area (Å²) in [5.74, 6) is -1.57. The summed E-state index contributed by atoms with van der Waals surface area (Å²) in [6.07, 6.45) is 7.64. The fourth-order valence-electron chi connectivity index (χ4n) is 6.57.